The van der Waals surface area contributed by atoms with E-state index < -0.39 is 0 Å². The van der Waals surface area contributed by atoms with Crippen LogP contribution in [-0.4, -0.2) is 62.3 Å². The summed E-state index contributed by atoms with van der Waals surface area (Å²) in [5.41, 5.74) is 4.75. The number of carbonyl (C=O) groups excluding carboxylic acids is 1. The van der Waals surface area contributed by atoms with Gasteiger partial charge in [0.2, 0.25) is 5.91 Å². The quantitative estimate of drug-likeness (QED) is 0.336. The van der Waals surface area contributed by atoms with Gasteiger partial charge in [-0.1, -0.05) is 63.9 Å². The molecule has 1 saturated heterocycles. The minimum Gasteiger partial charge on any atom is -0.369 e. The van der Waals surface area contributed by atoms with Gasteiger partial charge in [0.1, 0.15) is 6.54 Å². The standard InChI is InChI=1S/C29H30BrClN4O/c30-22-12-13-27-25(20-22)29(24-10-4-5-11-26(24)31)32-21-28(36)35(27)15-7-6-14-33-16-18-34(19-17-33)23-8-2-1-3-9-23/h1-5,8-13,20H,6-7,14-19,21H2. The summed E-state index contributed by atoms with van der Waals surface area (Å²) < 4.78 is 0.949. The number of fused-ring (bicyclic) bond motifs is 1. The molecule has 0 bridgehead atoms. The molecule has 5 nitrogen and oxygen atoms in total. The van der Waals surface area contributed by atoms with Gasteiger partial charge in [0.15, 0.2) is 0 Å². The van der Waals surface area contributed by atoms with E-state index in [9.17, 15) is 4.79 Å². The summed E-state index contributed by atoms with van der Waals surface area (Å²) in [4.78, 5) is 24.8. The zero-order valence-corrected chi connectivity index (χ0v) is 22.6. The molecule has 0 atom stereocenters. The molecule has 0 saturated carbocycles. The molecule has 0 N–H and O–H groups in total. The van der Waals surface area contributed by atoms with Crippen molar-refractivity contribution in [3.8, 4) is 0 Å². The third-order valence-electron chi connectivity index (χ3n) is 6.91. The molecular formula is C29H30BrClN4O. The van der Waals surface area contributed by atoms with Crippen LogP contribution in [0.2, 0.25) is 5.02 Å². The number of piperazine rings is 1. The molecule has 7 heteroatoms. The Hall–Kier alpha value is -2.67. The van der Waals surface area contributed by atoms with Crippen molar-refractivity contribution in [2.75, 3.05) is 55.6 Å². The first-order valence-electron chi connectivity index (χ1n) is 12.5. The van der Waals surface area contributed by atoms with Crippen molar-refractivity contribution >= 4 is 50.5 Å². The number of rotatable bonds is 7. The van der Waals surface area contributed by atoms with Crippen LogP contribution in [0, 0.1) is 0 Å². The van der Waals surface area contributed by atoms with E-state index in [4.69, 9.17) is 16.6 Å². The summed E-state index contributed by atoms with van der Waals surface area (Å²) in [6.45, 7) is 6.11. The number of anilines is 2. The fourth-order valence-electron chi connectivity index (χ4n) is 4.99. The second-order valence-electron chi connectivity index (χ2n) is 9.22. The van der Waals surface area contributed by atoms with Crippen LogP contribution in [0.15, 0.2) is 82.3 Å². The van der Waals surface area contributed by atoms with Crippen molar-refractivity contribution in [3.05, 3.63) is 93.4 Å². The Labute approximate surface area is 226 Å². The van der Waals surface area contributed by atoms with Crippen molar-refractivity contribution in [1.29, 1.82) is 0 Å². The average molecular weight is 566 g/mol. The predicted octanol–water partition coefficient (Wildman–Crippen LogP) is 5.89. The molecule has 2 aliphatic rings. The summed E-state index contributed by atoms with van der Waals surface area (Å²) in [6, 6.07) is 24.4. The zero-order chi connectivity index (χ0) is 24.9. The Bertz CT molecular complexity index is 1240. The van der Waals surface area contributed by atoms with Crippen LogP contribution in [0.5, 0.6) is 0 Å². The van der Waals surface area contributed by atoms with Crippen molar-refractivity contribution in [3.63, 3.8) is 0 Å². The molecule has 0 spiro atoms. The highest BCUT2D eigenvalue weighted by Crippen LogP contribution is 2.32. The first-order valence-corrected chi connectivity index (χ1v) is 13.7. The number of benzodiazepines with no additional fused rings is 1. The molecule has 5 rings (SSSR count). The summed E-state index contributed by atoms with van der Waals surface area (Å²) in [5.74, 6) is 0.0251. The number of halogens is 2. The molecule has 0 aromatic heterocycles. The first kappa shape index (κ1) is 25.0. The van der Waals surface area contributed by atoms with Crippen LogP contribution in [0.4, 0.5) is 11.4 Å². The monoisotopic (exact) mass is 564 g/mol. The van der Waals surface area contributed by atoms with Gasteiger partial charge in [-0.05, 0) is 55.8 Å². The highest BCUT2D eigenvalue weighted by molar-refractivity contribution is 9.10. The van der Waals surface area contributed by atoms with E-state index >= 15 is 0 Å². The third-order valence-corrected chi connectivity index (χ3v) is 7.73. The van der Waals surface area contributed by atoms with Crippen molar-refractivity contribution in [1.82, 2.24) is 4.90 Å². The van der Waals surface area contributed by atoms with E-state index in [1.54, 1.807) is 0 Å². The van der Waals surface area contributed by atoms with Gasteiger partial charge < -0.3 is 9.80 Å². The minimum atomic E-state index is 0.0251. The van der Waals surface area contributed by atoms with Gasteiger partial charge in [-0.15, -0.1) is 0 Å². The fraction of sp³-hybridized carbons (Fsp3) is 0.310. The van der Waals surface area contributed by atoms with E-state index in [0.717, 1.165) is 72.6 Å². The smallest absolute Gasteiger partial charge is 0.248 e. The number of amides is 1. The number of nitrogens with zero attached hydrogens (tertiary/aromatic N) is 4. The Balaban J connectivity index is 1.21. The van der Waals surface area contributed by atoms with Gasteiger partial charge >= 0.3 is 0 Å². The molecule has 186 valence electrons. The molecule has 3 aromatic carbocycles. The van der Waals surface area contributed by atoms with E-state index in [2.05, 4.69) is 56.1 Å². The molecule has 0 radical (unpaired) electrons. The van der Waals surface area contributed by atoms with Crippen LogP contribution in [-0.2, 0) is 4.79 Å². The van der Waals surface area contributed by atoms with Gasteiger partial charge in [-0.3, -0.25) is 14.7 Å². The van der Waals surface area contributed by atoms with Crippen LogP contribution in [0.1, 0.15) is 24.0 Å². The molecule has 2 heterocycles. The van der Waals surface area contributed by atoms with Crippen LogP contribution in [0.3, 0.4) is 0 Å². The molecular weight excluding hydrogens is 536 g/mol. The Morgan fingerprint density at radius 3 is 2.33 bits per heavy atom. The van der Waals surface area contributed by atoms with Gasteiger partial charge in [0, 0.05) is 59.0 Å². The van der Waals surface area contributed by atoms with E-state index in [1.807, 2.05) is 47.4 Å². The maximum atomic E-state index is 13.1. The number of aliphatic imine (C=N–C) groups is 1. The average Bonchev–Trinajstić information content (AvgIpc) is 3.03. The van der Waals surface area contributed by atoms with Crippen molar-refractivity contribution in [2.45, 2.75) is 12.8 Å². The lowest BCUT2D eigenvalue weighted by atomic mass is 10.00. The number of benzene rings is 3. The molecule has 0 unspecified atom stereocenters. The molecule has 0 aliphatic carbocycles. The van der Waals surface area contributed by atoms with Crippen molar-refractivity contribution in [2.24, 2.45) is 4.99 Å². The predicted molar refractivity (Wildman–Crippen MR) is 153 cm³/mol. The van der Waals surface area contributed by atoms with Gasteiger partial charge in [-0.25, -0.2) is 0 Å². The Kier molecular flexibility index (Phi) is 8.05. The van der Waals surface area contributed by atoms with Gasteiger partial charge in [0.25, 0.3) is 0 Å². The minimum absolute atomic E-state index is 0.0251. The van der Waals surface area contributed by atoms with Crippen LogP contribution in [0.25, 0.3) is 0 Å². The van der Waals surface area contributed by atoms with Crippen molar-refractivity contribution < 1.29 is 4.79 Å². The Morgan fingerprint density at radius 1 is 0.833 bits per heavy atom. The lowest BCUT2D eigenvalue weighted by Crippen LogP contribution is -2.46. The topological polar surface area (TPSA) is 39.2 Å². The second-order valence-corrected chi connectivity index (χ2v) is 10.5. The van der Waals surface area contributed by atoms with Gasteiger partial charge in [-0.2, -0.15) is 0 Å². The maximum absolute atomic E-state index is 13.1. The second kappa shape index (κ2) is 11.6. The highest BCUT2D eigenvalue weighted by Gasteiger charge is 2.26. The number of hydrogen-bond acceptors (Lipinski definition) is 4. The molecule has 3 aromatic rings. The summed E-state index contributed by atoms with van der Waals surface area (Å²) in [7, 11) is 0. The number of para-hydroxylation sites is 1. The summed E-state index contributed by atoms with van der Waals surface area (Å²) in [6.07, 6.45) is 2.00. The van der Waals surface area contributed by atoms with Gasteiger partial charge in [0.05, 0.1) is 11.4 Å². The molecule has 36 heavy (non-hydrogen) atoms. The first-order chi connectivity index (χ1) is 17.6. The molecule has 1 amide bonds. The van der Waals surface area contributed by atoms with E-state index in [-0.39, 0.29) is 12.5 Å². The largest absolute Gasteiger partial charge is 0.369 e. The zero-order valence-electron chi connectivity index (χ0n) is 20.2. The normalized spacial score (nSPS) is 16.5. The summed E-state index contributed by atoms with van der Waals surface area (Å²) >= 11 is 10.1. The lowest BCUT2D eigenvalue weighted by molar-refractivity contribution is -0.117. The lowest BCUT2D eigenvalue weighted by Gasteiger charge is -2.36. The highest BCUT2D eigenvalue weighted by atomic mass is 79.9. The maximum Gasteiger partial charge on any atom is 0.248 e. The summed E-state index contributed by atoms with van der Waals surface area (Å²) in [5, 5.41) is 0.635. The number of unbranched alkanes of at least 4 members (excludes halogenated alkanes) is 1. The molecule has 1 fully saturated rings. The fourth-order valence-corrected chi connectivity index (χ4v) is 5.57. The Morgan fingerprint density at radius 2 is 1.56 bits per heavy atom. The number of carbonyl (C=O) groups is 1. The number of hydrogen-bond donors (Lipinski definition) is 0. The van der Waals surface area contributed by atoms with Crippen LogP contribution < -0.4 is 9.80 Å². The third kappa shape index (κ3) is 5.66. The SMILES string of the molecule is O=C1CN=C(c2ccccc2Cl)c2cc(Br)ccc2N1CCCCN1CCN(c2ccccc2)CC1. The van der Waals surface area contributed by atoms with E-state index in [0.29, 0.717) is 11.6 Å². The van der Waals surface area contributed by atoms with E-state index in [1.165, 1.54) is 5.69 Å². The molecule has 2 aliphatic heterocycles. The van der Waals surface area contributed by atoms with Crippen LogP contribution >= 0.6 is 27.5 Å².